The zero-order valence-corrected chi connectivity index (χ0v) is 9.16. The largest absolute Gasteiger partial charge is 0.481 e. The molecule has 0 saturated heterocycles. The molecule has 0 fully saturated rings. The Hall–Kier alpha value is -1.46. The molecule has 0 aliphatic rings. The summed E-state index contributed by atoms with van der Waals surface area (Å²) < 4.78 is 5.47. The highest BCUT2D eigenvalue weighted by Crippen LogP contribution is 2.26. The van der Waals surface area contributed by atoms with Crippen molar-refractivity contribution in [2.75, 3.05) is 6.61 Å². The number of aliphatic hydroxyl groups excluding tert-OH is 1. The van der Waals surface area contributed by atoms with Gasteiger partial charge in [0.1, 0.15) is 12.4 Å². The maximum atomic E-state index is 9.75. The lowest BCUT2D eigenvalue weighted by Crippen LogP contribution is -2.02. The molecule has 0 bridgehead atoms. The molecule has 0 unspecified atom stereocenters. The number of hydrogen-bond donors (Lipinski definition) is 1. The highest BCUT2D eigenvalue weighted by atomic mass is 16.5. The van der Waals surface area contributed by atoms with E-state index in [0.717, 1.165) is 11.3 Å². The normalized spacial score (nSPS) is 11.4. The Labute approximate surface area is 90.9 Å². The summed E-state index contributed by atoms with van der Waals surface area (Å²) in [6.07, 6.45) is 0.218. The molecule has 0 aliphatic carbocycles. The van der Waals surface area contributed by atoms with Gasteiger partial charge in [0.2, 0.25) is 0 Å². The summed E-state index contributed by atoms with van der Waals surface area (Å²) in [4.78, 5) is 0. The Bertz CT molecular complexity index is 360. The van der Waals surface area contributed by atoms with Crippen molar-refractivity contribution in [2.45, 2.75) is 26.4 Å². The first-order valence-corrected chi connectivity index (χ1v) is 5.09. The molecule has 80 valence electrons. The quantitative estimate of drug-likeness (QED) is 0.764. The third-order valence-corrected chi connectivity index (χ3v) is 2.14. The standard InChI is InChI=1S/C13H16O2/c1-3-5-10-15-13-9-7-6-8-11(13)12(14)4-2/h6-9,12,14H,4,10H2,1-2H3/t12-/m0/s1. The minimum absolute atomic E-state index is 0.365. The van der Waals surface area contributed by atoms with Gasteiger partial charge in [-0.15, -0.1) is 5.92 Å². The zero-order valence-electron chi connectivity index (χ0n) is 9.16. The van der Waals surface area contributed by atoms with Crippen molar-refractivity contribution in [3.8, 4) is 17.6 Å². The molecule has 0 amide bonds. The molecular formula is C13H16O2. The van der Waals surface area contributed by atoms with Gasteiger partial charge in [0.25, 0.3) is 0 Å². The molecule has 0 aromatic heterocycles. The second-order valence-corrected chi connectivity index (χ2v) is 3.18. The summed E-state index contributed by atoms with van der Waals surface area (Å²) in [5.41, 5.74) is 0.831. The number of para-hydroxylation sites is 1. The van der Waals surface area contributed by atoms with Crippen LogP contribution in [0.3, 0.4) is 0 Å². The Kier molecular flexibility index (Phi) is 4.73. The van der Waals surface area contributed by atoms with Crippen LogP contribution >= 0.6 is 0 Å². The van der Waals surface area contributed by atoms with Crippen molar-refractivity contribution in [1.82, 2.24) is 0 Å². The Morgan fingerprint density at radius 2 is 2.13 bits per heavy atom. The predicted molar refractivity (Wildman–Crippen MR) is 60.6 cm³/mol. The predicted octanol–water partition coefficient (Wildman–Crippen LogP) is 2.53. The van der Waals surface area contributed by atoms with Crippen LogP contribution in [-0.4, -0.2) is 11.7 Å². The topological polar surface area (TPSA) is 29.5 Å². The second kappa shape index (κ2) is 6.10. The zero-order chi connectivity index (χ0) is 11.1. The van der Waals surface area contributed by atoms with Gasteiger partial charge in [-0.05, 0) is 19.4 Å². The van der Waals surface area contributed by atoms with Gasteiger partial charge in [-0.2, -0.15) is 0 Å². The van der Waals surface area contributed by atoms with E-state index in [1.165, 1.54) is 0 Å². The molecule has 1 rings (SSSR count). The fraction of sp³-hybridized carbons (Fsp3) is 0.385. The van der Waals surface area contributed by atoms with Crippen molar-refractivity contribution in [3.63, 3.8) is 0 Å². The summed E-state index contributed by atoms with van der Waals surface area (Å²) in [5, 5.41) is 9.75. The van der Waals surface area contributed by atoms with Gasteiger partial charge < -0.3 is 9.84 Å². The lowest BCUT2D eigenvalue weighted by atomic mass is 10.1. The molecule has 1 aromatic rings. The summed E-state index contributed by atoms with van der Waals surface area (Å²) in [7, 11) is 0. The Morgan fingerprint density at radius 1 is 1.40 bits per heavy atom. The van der Waals surface area contributed by atoms with E-state index >= 15 is 0 Å². The maximum absolute atomic E-state index is 9.75. The lowest BCUT2D eigenvalue weighted by Gasteiger charge is -2.13. The molecule has 1 aromatic carbocycles. The van der Waals surface area contributed by atoms with Crippen molar-refractivity contribution < 1.29 is 9.84 Å². The SMILES string of the molecule is CC#CCOc1ccccc1[C@@H](O)CC. The van der Waals surface area contributed by atoms with Gasteiger partial charge in [-0.25, -0.2) is 0 Å². The van der Waals surface area contributed by atoms with Gasteiger partial charge in [0.05, 0.1) is 6.10 Å². The third kappa shape index (κ3) is 3.30. The average molecular weight is 204 g/mol. The molecule has 0 spiro atoms. The average Bonchev–Trinajstić information content (AvgIpc) is 2.29. The van der Waals surface area contributed by atoms with Crippen LogP contribution < -0.4 is 4.74 Å². The smallest absolute Gasteiger partial charge is 0.149 e. The molecule has 2 heteroatoms. The number of benzene rings is 1. The van der Waals surface area contributed by atoms with E-state index in [4.69, 9.17) is 4.74 Å². The molecule has 0 saturated carbocycles. The summed E-state index contributed by atoms with van der Waals surface area (Å²) >= 11 is 0. The minimum Gasteiger partial charge on any atom is -0.481 e. The monoisotopic (exact) mass is 204 g/mol. The van der Waals surface area contributed by atoms with Crippen LogP contribution in [0, 0.1) is 11.8 Å². The van der Waals surface area contributed by atoms with Gasteiger partial charge in [0.15, 0.2) is 0 Å². The summed E-state index contributed by atoms with van der Waals surface area (Å²) in [5.74, 6) is 6.31. The molecule has 15 heavy (non-hydrogen) atoms. The first-order valence-electron chi connectivity index (χ1n) is 5.09. The van der Waals surface area contributed by atoms with Gasteiger partial charge in [-0.3, -0.25) is 0 Å². The van der Waals surface area contributed by atoms with Crippen LogP contribution in [0.1, 0.15) is 31.9 Å². The summed E-state index contributed by atoms with van der Waals surface area (Å²) in [6.45, 7) is 4.08. The van der Waals surface area contributed by atoms with E-state index in [-0.39, 0.29) is 0 Å². The van der Waals surface area contributed by atoms with Gasteiger partial charge >= 0.3 is 0 Å². The number of rotatable bonds is 4. The first-order chi connectivity index (χ1) is 7.29. The number of ether oxygens (including phenoxy) is 1. The molecule has 0 heterocycles. The molecule has 0 radical (unpaired) electrons. The fourth-order valence-corrected chi connectivity index (χ4v) is 1.29. The van der Waals surface area contributed by atoms with Crippen molar-refractivity contribution in [3.05, 3.63) is 29.8 Å². The summed E-state index contributed by atoms with van der Waals surface area (Å²) in [6, 6.07) is 7.52. The van der Waals surface area contributed by atoms with Crippen LogP contribution in [-0.2, 0) is 0 Å². The van der Waals surface area contributed by atoms with E-state index < -0.39 is 6.10 Å². The molecule has 0 aliphatic heterocycles. The molecular weight excluding hydrogens is 188 g/mol. The van der Waals surface area contributed by atoms with E-state index in [2.05, 4.69) is 11.8 Å². The van der Waals surface area contributed by atoms with E-state index in [9.17, 15) is 5.11 Å². The Morgan fingerprint density at radius 3 is 2.80 bits per heavy atom. The van der Waals surface area contributed by atoms with E-state index in [0.29, 0.717) is 13.0 Å². The fourth-order valence-electron chi connectivity index (χ4n) is 1.29. The molecule has 2 nitrogen and oxygen atoms in total. The maximum Gasteiger partial charge on any atom is 0.149 e. The van der Waals surface area contributed by atoms with Crippen molar-refractivity contribution >= 4 is 0 Å². The van der Waals surface area contributed by atoms with Crippen LogP contribution in [0.25, 0.3) is 0 Å². The van der Waals surface area contributed by atoms with Crippen molar-refractivity contribution in [2.24, 2.45) is 0 Å². The highest BCUT2D eigenvalue weighted by molar-refractivity contribution is 5.35. The second-order valence-electron chi connectivity index (χ2n) is 3.18. The third-order valence-electron chi connectivity index (χ3n) is 2.14. The van der Waals surface area contributed by atoms with E-state index in [1.54, 1.807) is 6.92 Å². The first kappa shape index (κ1) is 11.6. The molecule has 1 atom stereocenters. The number of hydrogen-bond acceptors (Lipinski definition) is 2. The highest BCUT2D eigenvalue weighted by Gasteiger charge is 2.10. The minimum atomic E-state index is -0.462. The lowest BCUT2D eigenvalue weighted by molar-refractivity contribution is 0.168. The van der Waals surface area contributed by atoms with Crippen LogP contribution in [0.15, 0.2) is 24.3 Å². The molecule has 1 N–H and O–H groups in total. The Balaban J connectivity index is 2.79. The van der Waals surface area contributed by atoms with E-state index in [1.807, 2.05) is 31.2 Å². The number of aliphatic hydroxyl groups is 1. The van der Waals surface area contributed by atoms with Gasteiger partial charge in [-0.1, -0.05) is 31.0 Å². The van der Waals surface area contributed by atoms with Gasteiger partial charge in [0, 0.05) is 5.56 Å². The van der Waals surface area contributed by atoms with Crippen LogP contribution in [0.5, 0.6) is 5.75 Å². The van der Waals surface area contributed by atoms with Crippen LogP contribution in [0.2, 0.25) is 0 Å². The van der Waals surface area contributed by atoms with Crippen molar-refractivity contribution in [1.29, 1.82) is 0 Å². The van der Waals surface area contributed by atoms with Crippen LogP contribution in [0.4, 0.5) is 0 Å².